The van der Waals surface area contributed by atoms with Gasteiger partial charge in [-0.15, -0.1) is 0 Å². The van der Waals surface area contributed by atoms with Gasteiger partial charge in [0.05, 0.1) is 0 Å². The highest BCUT2D eigenvalue weighted by Gasteiger charge is 2.60. The van der Waals surface area contributed by atoms with Crippen molar-refractivity contribution in [2.24, 2.45) is 23.2 Å². The van der Waals surface area contributed by atoms with Crippen LogP contribution < -0.4 is 0 Å². The maximum Gasteiger partial charge on any atom is -0.0266 e. The van der Waals surface area contributed by atoms with Gasteiger partial charge in [0, 0.05) is 0 Å². The van der Waals surface area contributed by atoms with Crippen LogP contribution in [0, 0.1) is 23.2 Å². The number of hydrogen-bond donors (Lipinski definition) is 0. The van der Waals surface area contributed by atoms with Gasteiger partial charge in [-0.05, 0) is 55.3 Å². The van der Waals surface area contributed by atoms with Crippen molar-refractivity contribution < 1.29 is 0 Å². The van der Waals surface area contributed by atoms with Crippen molar-refractivity contribution in [3.8, 4) is 0 Å². The van der Waals surface area contributed by atoms with Gasteiger partial charge in [-0.2, -0.15) is 0 Å². The van der Waals surface area contributed by atoms with Crippen molar-refractivity contribution in [1.29, 1.82) is 0 Å². The van der Waals surface area contributed by atoms with Crippen LogP contribution in [0.25, 0.3) is 0 Å². The molecule has 3 aliphatic carbocycles. The molecule has 0 spiro atoms. The van der Waals surface area contributed by atoms with Gasteiger partial charge >= 0.3 is 0 Å². The molecular weight excluding hydrogens is 132 g/mol. The molecular formula is C11H18. The monoisotopic (exact) mass is 150 g/mol. The van der Waals surface area contributed by atoms with E-state index in [1.807, 2.05) is 0 Å². The normalized spacial score (nSPS) is 54.3. The van der Waals surface area contributed by atoms with Crippen molar-refractivity contribution in [3.05, 3.63) is 0 Å². The summed E-state index contributed by atoms with van der Waals surface area (Å²) in [7, 11) is 0. The second kappa shape index (κ2) is 1.84. The summed E-state index contributed by atoms with van der Waals surface area (Å²) >= 11 is 0. The maximum atomic E-state index is 2.40. The third kappa shape index (κ3) is 0.816. The Morgan fingerprint density at radius 3 is 2.55 bits per heavy atom. The molecule has 3 fully saturated rings. The second-order valence-corrected chi connectivity index (χ2v) is 5.15. The summed E-state index contributed by atoms with van der Waals surface area (Å²) in [5.41, 5.74) is 0.896. The molecule has 3 atom stereocenters. The van der Waals surface area contributed by atoms with Crippen LogP contribution in [0.5, 0.6) is 0 Å². The van der Waals surface area contributed by atoms with Crippen LogP contribution >= 0.6 is 0 Å². The van der Waals surface area contributed by atoms with E-state index in [-0.39, 0.29) is 0 Å². The van der Waals surface area contributed by atoms with Gasteiger partial charge in [0.2, 0.25) is 0 Å². The minimum absolute atomic E-state index is 0.896. The Labute approximate surface area is 69.4 Å². The lowest BCUT2D eigenvalue weighted by Gasteiger charge is -2.13. The van der Waals surface area contributed by atoms with Crippen molar-refractivity contribution in [3.63, 3.8) is 0 Å². The lowest BCUT2D eigenvalue weighted by atomic mass is 9.92. The van der Waals surface area contributed by atoms with Gasteiger partial charge in [-0.3, -0.25) is 0 Å². The largest absolute Gasteiger partial charge is 0.0648 e. The molecule has 0 heteroatoms. The standard InChI is InChI=1S/C11H18/c1-2-11-6-9(8-3-4-8)5-10(11)7-11/h8-10H,2-7H2,1H3/t9?,10?,11-/m0/s1. The van der Waals surface area contributed by atoms with Crippen LogP contribution in [0.2, 0.25) is 0 Å². The highest BCUT2D eigenvalue weighted by atomic mass is 14.6. The zero-order valence-electron chi connectivity index (χ0n) is 7.47. The highest BCUT2D eigenvalue weighted by Crippen LogP contribution is 2.69. The van der Waals surface area contributed by atoms with Crippen LogP contribution in [-0.4, -0.2) is 0 Å². The van der Waals surface area contributed by atoms with Gasteiger partial charge < -0.3 is 0 Å². The summed E-state index contributed by atoms with van der Waals surface area (Å²) in [6, 6.07) is 0. The first-order valence-corrected chi connectivity index (χ1v) is 5.34. The van der Waals surface area contributed by atoms with E-state index in [4.69, 9.17) is 0 Å². The Bertz CT molecular complexity index is 176. The van der Waals surface area contributed by atoms with Gasteiger partial charge in [-0.1, -0.05) is 13.3 Å². The number of rotatable bonds is 2. The quantitative estimate of drug-likeness (QED) is 0.567. The fourth-order valence-corrected chi connectivity index (χ4v) is 3.49. The molecule has 0 saturated heterocycles. The summed E-state index contributed by atoms with van der Waals surface area (Å²) in [5.74, 6) is 3.54. The van der Waals surface area contributed by atoms with Crippen LogP contribution in [-0.2, 0) is 0 Å². The Morgan fingerprint density at radius 1 is 1.18 bits per heavy atom. The molecule has 62 valence electrons. The van der Waals surface area contributed by atoms with Crippen LogP contribution in [0.3, 0.4) is 0 Å². The molecule has 11 heavy (non-hydrogen) atoms. The van der Waals surface area contributed by atoms with Crippen molar-refractivity contribution in [2.75, 3.05) is 0 Å². The fraction of sp³-hybridized carbons (Fsp3) is 1.00. The van der Waals surface area contributed by atoms with Crippen molar-refractivity contribution in [1.82, 2.24) is 0 Å². The highest BCUT2D eigenvalue weighted by molar-refractivity contribution is 5.10. The molecule has 3 aliphatic rings. The first-order valence-electron chi connectivity index (χ1n) is 5.34. The van der Waals surface area contributed by atoms with Crippen LogP contribution in [0.1, 0.15) is 45.4 Å². The van der Waals surface area contributed by atoms with Gasteiger partial charge in [0.25, 0.3) is 0 Å². The van der Waals surface area contributed by atoms with Gasteiger partial charge in [0.15, 0.2) is 0 Å². The Balaban J connectivity index is 1.70. The molecule has 0 aromatic rings. The summed E-state index contributed by atoms with van der Waals surface area (Å²) in [6.45, 7) is 2.40. The lowest BCUT2D eigenvalue weighted by Crippen LogP contribution is -2.03. The van der Waals surface area contributed by atoms with E-state index in [1.54, 1.807) is 32.1 Å². The number of hydrogen-bond acceptors (Lipinski definition) is 0. The molecule has 3 saturated carbocycles. The van der Waals surface area contributed by atoms with Gasteiger partial charge in [-0.25, -0.2) is 0 Å². The average molecular weight is 150 g/mol. The Morgan fingerprint density at radius 2 is 2.00 bits per heavy atom. The predicted molar refractivity (Wildman–Crippen MR) is 46.3 cm³/mol. The van der Waals surface area contributed by atoms with E-state index in [1.165, 1.54) is 24.2 Å². The topological polar surface area (TPSA) is 0 Å². The molecule has 0 amide bonds. The van der Waals surface area contributed by atoms with E-state index < -0.39 is 0 Å². The van der Waals surface area contributed by atoms with Crippen molar-refractivity contribution >= 4 is 0 Å². The lowest BCUT2D eigenvalue weighted by molar-refractivity contribution is 0.372. The van der Waals surface area contributed by atoms with E-state index in [9.17, 15) is 0 Å². The molecule has 0 nitrogen and oxygen atoms in total. The maximum absolute atomic E-state index is 2.40. The van der Waals surface area contributed by atoms with Crippen molar-refractivity contribution in [2.45, 2.75) is 45.4 Å². The minimum atomic E-state index is 0.896. The predicted octanol–water partition coefficient (Wildman–Crippen LogP) is 3.22. The average Bonchev–Trinajstić information content (AvgIpc) is 2.90. The van der Waals surface area contributed by atoms with E-state index >= 15 is 0 Å². The molecule has 0 bridgehead atoms. The fourth-order valence-electron chi connectivity index (χ4n) is 3.49. The van der Waals surface area contributed by atoms with E-state index in [0.29, 0.717) is 0 Å². The molecule has 0 radical (unpaired) electrons. The number of fused-ring (bicyclic) bond motifs is 1. The first-order chi connectivity index (χ1) is 5.34. The molecule has 0 aromatic carbocycles. The van der Waals surface area contributed by atoms with Crippen LogP contribution in [0.15, 0.2) is 0 Å². The second-order valence-electron chi connectivity index (χ2n) is 5.15. The van der Waals surface area contributed by atoms with E-state index in [2.05, 4.69) is 6.92 Å². The molecule has 2 unspecified atom stereocenters. The van der Waals surface area contributed by atoms with E-state index in [0.717, 1.165) is 5.41 Å². The summed E-state index contributed by atoms with van der Waals surface area (Å²) in [4.78, 5) is 0. The molecule has 3 rings (SSSR count). The minimum Gasteiger partial charge on any atom is -0.0648 e. The molecule has 0 heterocycles. The van der Waals surface area contributed by atoms with Crippen LogP contribution in [0.4, 0.5) is 0 Å². The smallest absolute Gasteiger partial charge is 0.0266 e. The first kappa shape index (κ1) is 6.51. The summed E-state index contributed by atoms with van der Waals surface area (Å²) < 4.78 is 0. The molecule has 0 N–H and O–H groups in total. The summed E-state index contributed by atoms with van der Waals surface area (Å²) in [6.07, 6.45) is 9.42. The Kier molecular flexibility index (Phi) is 1.09. The molecule has 0 aromatic heterocycles. The zero-order valence-corrected chi connectivity index (χ0v) is 7.47. The van der Waals surface area contributed by atoms with Gasteiger partial charge in [0.1, 0.15) is 0 Å². The third-order valence-corrected chi connectivity index (χ3v) is 4.61. The SMILES string of the molecule is CC[C@@]12CC(C3CC3)CC1C2. The summed E-state index contributed by atoms with van der Waals surface area (Å²) in [5, 5.41) is 0. The third-order valence-electron chi connectivity index (χ3n) is 4.61. The Hall–Kier alpha value is 0. The molecule has 0 aliphatic heterocycles. The zero-order chi connectivity index (χ0) is 7.47.